The second-order valence-corrected chi connectivity index (χ2v) is 9.02. The molecule has 2 heterocycles. The summed E-state index contributed by atoms with van der Waals surface area (Å²) < 4.78 is 40.6. The van der Waals surface area contributed by atoms with Gasteiger partial charge in [0.2, 0.25) is 10.0 Å². The summed E-state index contributed by atoms with van der Waals surface area (Å²) in [6.45, 7) is 4.74. The van der Waals surface area contributed by atoms with Crippen LogP contribution in [0.2, 0.25) is 0 Å². The lowest BCUT2D eigenvalue weighted by Crippen LogP contribution is -2.51. The van der Waals surface area contributed by atoms with Gasteiger partial charge in [-0.15, -0.1) is 24.0 Å². The minimum absolute atomic E-state index is 0. The lowest BCUT2D eigenvalue weighted by molar-refractivity contribution is 0.467. The molecule has 3 N–H and O–H groups in total. The number of nitrogens with zero attached hydrogens (tertiary/aromatic N) is 3. The second kappa shape index (κ2) is 12.9. The number of halogens is 2. The first-order valence-corrected chi connectivity index (χ1v) is 11.9. The SMILES string of the molecule is CCNC(=NCCNS(=O)(=O)c1cccnc1)NC1CCCN(c2cccc(F)c2)C1.I. The number of hydrogen-bond acceptors (Lipinski definition) is 5. The van der Waals surface area contributed by atoms with E-state index in [9.17, 15) is 12.8 Å². The zero-order valence-electron chi connectivity index (χ0n) is 18.0. The summed E-state index contributed by atoms with van der Waals surface area (Å²) in [7, 11) is -3.60. The highest BCUT2D eigenvalue weighted by Gasteiger charge is 2.21. The summed E-state index contributed by atoms with van der Waals surface area (Å²) >= 11 is 0. The van der Waals surface area contributed by atoms with Crippen LogP contribution < -0.4 is 20.3 Å². The van der Waals surface area contributed by atoms with Gasteiger partial charge >= 0.3 is 0 Å². The molecule has 1 unspecified atom stereocenters. The van der Waals surface area contributed by atoms with E-state index in [4.69, 9.17) is 0 Å². The minimum Gasteiger partial charge on any atom is -0.369 e. The summed E-state index contributed by atoms with van der Waals surface area (Å²) in [5.74, 6) is 0.394. The minimum atomic E-state index is -3.60. The van der Waals surface area contributed by atoms with E-state index in [1.54, 1.807) is 18.2 Å². The van der Waals surface area contributed by atoms with Crippen LogP contribution in [-0.2, 0) is 10.0 Å². The fourth-order valence-corrected chi connectivity index (χ4v) is 4.44. The van der Waals surface area contributed by atoms with Crippen molar-refractivity contribution in [1.82, 2.24) is 20.3 Å². The number of pyridine rings is 1. The highest BCUT2D eigenvalue weighted by Crippen LogP contribution is 2.20. The van der Waals surface area contributed by atoms with Crippen molar-refractivity contribution in [2.24, 2.45) is 4.99 Å². The normalized spacial score (nSPS) is 16.9. The first-order valence-electron chi connectivity index (χ1n) is 10.4. The van der Waals surface area contributed by atoms with E-state index in [-0.39, 0.29) is 53.8 Å². The predicted molar refractivity (Wildman–Crippen MR) is 136 cm³/mol. The lowest BCUT2D eigenvalue weighted by atomic mass is 10.0. The van der Waals surface area contributed by atoms with E-state index in [0.29, 0.717) is 12.5 Å². The largest absolute Gasteiger partial charge is 0.369 e. The molecule has 1 atom stereocenters. The molecule has 1 aliphatic rings. The molecule has 32 heavy (non-hydrogen) atoms. The van der Waals surface area contributed by atoms with E-state index < -0.39 is 10.0 Å². The van der Waals surface area contributed by atoms with Crippen molar-refractivity contribution >= 4 is 45.6 Å². The van der Waals surface area contributed by atoms with Crippen molar-refractivity contribution in [3.05, 3.63) is 54.6 Å². The number of aliphatic imine (C=N–C) groups is 1. The van der Waals surface area contributed by atoms with E-state index in [2.05, 4.69) is 30.2 Å². The smallest absolute Gasteiger partial charge is 0.242 e. The standard InChI is InChI=1S/C21H29FN6O2S.HI/c1-2-24-21(25-11-12-26-31(29,30)20-9-4-10-23-15-20)27-18-7-5-13-28(16-18)19-8-3-6-17(22)14-19;/h3-4,6,8-10,14-15,18,26H,2,5,7,11-13,16H2,1H3,(H2,24,25,27);1H. The topological polar surface area (TPSA) is 98.7 Å². The summed E-state index contributed by atoms with van der Waals surface area (Å²) in [6, 6.07) is 9.87. The highest BCUT2D eigenvalue weighted by molar-refractivity contribution is 14.0. The van der Waals surface area contributed by atoms with Crippen molar-refractivity contribution in [3.8, 4) is 0 Å². The molecule has 0 saturated carbocycles. The summed E-state index contributed by atoms with van der Waals surface area (Å²) in [6.07, 6.45) is 4.80. The number of aromatic nitrogens is 1. The van der Waals surface area contributed by atoms with Crippen LogP contribution in [-0.4, -0.2) is 58.1 Å². The summed E-state index contributed by atoms with van der Waals surface area (Å²) in [5.41, 5.74) is 0.873. The van der Waals surface area contributed by atoms with E-state index >= 15 is 0 Å². The van der Waals surface area contributed by atoms with Crippen LogP contribution in [0.15, 0.2) is 58.7 Å². The third-order valence-electron chi connectivity index (χ3n) is 4.90. The van der Waals surface area contributed by atoms with Crippen molar-refractivity contribution in [3.63, 3.8) is 0 Å². The van der Waals surface area contributed by atoms with Gasteiger partial charge in [-0.1, -0.05) is 6.07 Å². The molecule has 0 amide bonds. The molecular formula is C21H30FIN6O2S. The molecule has 0 spiro atoms. The Morgan fingerprint density at radius 3 is 2.88 bits per heavy atom. The van der Waals surface area contributed by atoms with Crippen LogP contribution in [0.5, 0.6) is 0 Å². The Labute approximate surface area is 206 Å². The second-order valence-electron chi connectivity index (χ2n) is 7.26. The molecule has 11 heteroatoms. The molecule has 0 bridgehead atoms. The first kappa shape index (κ1) is 26.3. The Hall–Kier alpha value is -1.99. The Morgan fingerprint density at radius 2 is 2.16 bits per heavy atom. The van der Waals surface area contributed by atoms with E-state index in [1.807, 2.05) is 13.0 Å². The molecule has 0 aliphatic carbocycles. The number of sulfonamides is 1. The third kappa shape index (κ3) is 7.85. The van der Waals surface area contributed by atoms with Gasteiger partial charge in [0.05, 0.1) is 6.54 Å². The zero-order chi connectivity index (χ0) is 22.1. The zero-order valence-corrected chi connectivity index (χ0v) is 21.1. The summed E-state index contributed by atoms with van der Waals surface area (Å²) in [5, 5.41) is 6.61. The average molecular weight is 576 g/mol. The number of benzene rings is 1. The Morgan fingerprint density at radius 1 is 1.31 bits per heavy atom. The molecule has 176 valence electrons. The Bertz CT molecular complexity index is 977. The van der Waals surface area contributed by atoms with Gasteiger partial charge in [0.25, 0.3) is 0 Å². The molecule has 1 aromatic carbocycles. The number of guanidine groups is 1. The Balaban J connectivity index is 0.00000363. The van der Waals surface area contributed by atoms with Gasteiger partial charge in [-0.2, -0.15) is 0 Å². The Kier molecular flexibility index (Phi) is 10.6. The van der Waals surface area contributed by atoms with Crippen LogP contribution in [0.3, 0.4) is 0 Å². The van der Waals surface area contributed by atoms with Crippen LogP contribution >= 0.6 is 24.0 Å². The quantitative estimate of drug-likeness (QED) is 0.193. The molecular weight excluding hydrogens is 546 g/mol. The molecule has 1 saturated heterocycles. The van der Waals surface area contributed by atoms with Crippen LogP contribution in [0.25, 0.3) is 0 Å². The van der Waals surface area contributed by atoms with Gasteiger partial charge in [0, 0.05) is 50.3 Å². The monoisotopic (exact) mass is 576 g/mol. The maximum absolute atomic E-state index is 13.6. The number of anilines is 1. The first-order chi connectivity index (χ1) is 15.0. The van der Waals surface area contributed by atoms with Gasteiger partial charge in [0.15, 0.2) is 5.96 Å². The third-order valence-corrected chi connectivity index (χ3v) is 6.34. The van der Waals surface area contributed by atoms with E-state index in [1.165, 1.54) is 24.5 Å². The van der Waals surface area contributed by atoms with Crippen LogP contribution in [0.1, 0.15) is 19.8 Å². The van der Waals surface area contributed by atoms with Crippen molar-refractivity contribution < 1.29 is 12.8 Å². The number of hydrogen-bond donors (Lipinski definition) is 3. The van der Waals surface area contributed by atoms with Gasteiger partial charge < -0.3 is 15.5 Å². The van der Waals surface area contributed by atoms with Crippen molar-refractivity contribution in [2.75, 3.05) is 37.6 Å². The van der Waals surface area contributed by atoms with Crippen molar-refractivity contribution in [2.45, 2.75) is 30.7 Å². The van der Waals surface area contributed by atoms with E-state index in [0.717, 1.165) is 31.6 Å². The molecule has 1 aromatic heterocycles. The number of rotatable bonds is 8. The fraction of sp³-hybridized carbons (Fsp3) is 0.429. The molecule has 1 fully saturated rings. The maximum Gasteiger partial charge on any atom is 0.242 e. The fourth-order valence-electron chi connectivity index (χ4n) is 3.45. The maximum atomic E-state index is 13.6. The summed E-state index contributed by atoms with van der Waals surface area (Å²) in [4.78, 5) is 10.6. The number of piperidine rings is 1. The predicted octanol–water partition coefficient (Wildman–Crippen LogP) is 2.34. The molecule has 0 radical (unpaired) electrons. The molecule has 1 aliphatic heterocycles. The van der Waals surface area contributed by atoms with Gasteiger partial charge in [0.1, 0.15) is 10.7 Å². The lowest BCUT2D eigenvalue weighted by Gasteiger charge is -2.35. The van der Waals surface area contributed by atoms with Crippen molar-refractivity contribution in [1.29, 1.82) is 0 Å². The highest BCUT2D eigenvalue weighted by atomic mass is 127. The van der Waals surface area contributed by atoms with Gasteiger partial charge in [-0.25, -0.2) is 17.5 Å². The molecule has 2 aromatic rings. The number of nitrogens with one attached hydrogen (secondary N) is 3. The molecule has 3 rings (SSSR count). The molecule has 8 nitrogen and oxygen atoms in total. The average Bonchev–Trinajstić information content (AvgIpc) is 2.78. The van der Waals surface area contributed by atoms with Crippen LogP contribution in [0, 0.1) is 5.82 Å². The van der Waals surface area contributed by atoms with Crippen LogP contribution in [0.4, 0.5) is 10.1 Å². The van der Waals surface area contributed by atoms with Gasteiger partial charge in [-0.3, -0.25) is 9.98 Å². The van der Waals surface area contributed by atoms with Gasteiger partial charge in [-0.05, 0) is 50.1 Å².